The van der Waals surface area contributed by atoms with E-state index in [0.29, 0.717) is 6.42 Å². The van der Waals surface area contributed by atoms with Crippen molar-refractivity contribution < 1.29 is 18.9 Å². The first-order chi connectivity index (χ1) is 4.42. The molecule has 0 aromatic carbocycles. The summed E-state index contributed by atoms with van der Waals surface area (Å²) in [6.07, 6.45) is 0.477. The van der Waals surface area contributed by atoms with Crippen LogP contribution in [-0.2, 0) is 9.09 Å². The summed E-state index contributed by atoms with van der Waals surface area (Å²) in [6.45, 7) is 5.34. The summed E-state index contributed by atoms with van der Waals surface area (Å²) in [5.74, 6) is 0. The van der Waals surface area contributed by atoms with Gasteiger partial charge in [-0.2, -0.15) is 0 Å². The maximum atomic E-state index is 10.1. The molecule has 0 saturated heterocycles. The van der Waals surface area contributed by atoms with Crippen molar-refractivity contribution in [3.8, 4) is 0 Å². The summed E-state index contributed by atoms with van der Waals surface area (Å²) >= 11 is 0. The van der Waals surface area contributed by atoms with Gasteiger partial charge >= 0.3 is 7.82 Å². The van der Waals surface area contributed by atoms with E-state index in [9.17, 15) is 4.57 Å². The second-order valence-electron chi connectivity index (χ2n) is 2.03. The Balaban J connectivity index is 3.39. The predicted octanol–water partition coefficient (Wildman–Crippen LogP) is 1.06. The van der Waals surface area contributed by atoms with Gasteiger partial charge < -0.3 is 9.79 Å². The Morgan fingerprint density at radius 2 is 2.20 bits per heavy atom. The minimum atomic E-state index is -4.26. The average molecular weight is 166 g/mol. The highest BCUT2D eigenvalue weighted by atomic mass is 31.2. The second kappa shape index (κ2) is 3.88. The molecule has 5 heteroatoms. The third-order valence-electron chi connectivity index (χ3n) is 0.788. The van der Waals surface area contributed by atoms with Crippen LogP contribution in [0.3, 0.4) is 0 Å². The third-order valence-corrected chi connectivity index (χ3v) is 1.31. The molecule has 60 valence electrons. The zero-order chi connectivity index (χ0) is 8.20. The molecule has 0 aliphatic rings. The lowest BCUT2D eigenvalue weighted by molar-refractivity contribution is 0.199. The summed E-state index contributed by atoms with van der Waals surface area (Å²) in [6, 6.07) is 0. The molecule has 0 aromatic heterocycles. The minimum Gasteiger partial charge on any atom is -0.303 e. The molecule has 0 unspecified atom stereocenters. The van der Waals surface area contributed by atoms with Gasteiger partial charge in [0.25, 0.3) is 0 Å². The van der Waals surface area contributed by atoms with E-state index in [0.717, 1.165) is 5.57 Å². The van der Waals surface area contributed by atoms with E-state index in [1.807, 2.05) is 0 Å². The van der Waals surface area contributed by atoms with Gasteiger partial charge in [0, 0.05) is 0 Å². The molecule has 10 heavy (non-hydrogen) atoms. The first-order valence-corrected chi connectivity index (χ1v) is 4.29. The van der Waals surface area contributed by atoms with Crippen LogP contribution in [-0.4, -0.2) is 16.4 Å². The van der Waals surface area contributed by atoms with Gasteiger partial charge in [-0.15, -0.1) is 6.58 Å². The van der Waals surface area contributed by atoms with Crippen molar-refractivity contribution >= 4 is 7.82 Å². The fraction of sp³-hybridized carbons (Fsp3) is 0.600. The molecule has 0 atom stereocenters. The summed E-state index contributed by atoms with van der Waals surface area (Å²) in [5.41, 5.74) is 0.841. The van der Waals surface area contributed by atoms with Gasteiger partial charge in [-0.1, -0.05) is 5.57 Å². The summed E-state index contributed by atoms with van der Waals surface area (Å²) in [5, 5.41) is 0. The number of hydrogen-bond donors (Lipinski definition) is 2. The molecule has 4 nitrogen and oxygen atoms in total. The molecule has 0 bridgehead atoms. The lowest BCUT2D eigenvalue weighted by Crippen LogP contribution is -1.91. The largest absolute Gasteiger partial charge is 0.469 e. The molecule has 0 aliphatic heterocycles. The van der Waals surface area contributed by atoms with Crippen molar-refractivity contribution in [3.63, 3.8) is 0 Å². The van der Waals surface area contributed by atoms with Crippen LogP contribution in [0.4, 0.5) is 0 Å². The van der Waals surface area contributed by atoms with E-state index in [4.69, 9.17) is 9.79 Å². The monoisotopic (exact) mass is 166 g/mol. The SMILES string of the molecule is C=C(C)CCOP(=O)(O)O. The van der Waals surface area contributed by atoms with Crippen LogP contribution in [0.1, 0.15) is 13.3 Å². The van der Waals surface area contributed by atoms with Crippen molar-refractivity contribution in [1.29, 1.82) is 0 Å². The minimum absolute atomic E-state index is 0.0274. The van der Waals surface area contributed by atoms with E-state index in [-0.39, 0.29) is 6.61 Å². The van der Waals surface area contributed by atoms with Crippen LogP contribution in [0.2, 0.25) is 0 Å². The molecular formula is C5H11O4P. The van der Waals surface area contributed by atoms with Gasteiger partial charge in [0.1, 0.15) is 0 Å². The lowest BCUT2D eigenvalue weighted by Gasteiger charge is -2.03. The Morgan fingerprint density at radius 1 is 1.70 bits per heavy atom. The Bertz CT molecular complexity index is 159. The molecule has 0 aliphatic carbocycles. The maximum Gasteiger partial charge on any atom is 0.469 e. The quantitative estimate of drug-likeness (QED) is 0.484. The highest BCUT2D eigenvalue weighted by molar-refractivity contribution is 7.46. The van der Waals surface area contributed by atoms with Gasteiger partial charge in [0.2, 0.25) is 0 Å². The molecule has 0 spiro atoms. The van der Waals surface area contributed by atoms with Crippen LogP contribution in [0.15, 0.2) is 12.2 Å². The Hall–Kier alpha value is -0.150. The van der Waals surface area contributed by atoms with Crippen LogP contribution >= 0.6 is 7.82 Å². The molecule has 2 N–H and O–H groups in total. The molecule has 0 rings (SSSR count). The summed E-state index contributed by atoms with van der Waals surface area (Å²) in [4.78, 5) is 16.4. The number of hydrogen-bond acceptors (Lipinski definition) is 2. The summed E-state index contributed by atoms with van der Waals surface area (Å²) in [7, 11) is -4.26. The summed E-state index contributed by atoms with van der Waals surface area (Å²) < 4.78 is 14.2. The first kappa shape index (κ1) is 9.85. The average Bonchev–Trinajstić information content (AvgIpc) is 1.59. The van der Waals surface area contributed by atoms with Crippen LogP contribution < -0.4 is 0 Å². The first-order valence-electron chi connectivity index (χ1n) is 2.76. The molecule has 0 heterocycles. The molecule has 0 fully saturated rings. The zero-order valence-corrected chi connectivity index (χ0v) is 6.67. The number of phosphoric ester groups is 1. The second-order valence-corrected chi connectivity index (χ2v) is 3.27. The van der Waals surface area contributed by atoms with Gasteiger partial charge in [-0.05, 0) is 13.3 Å². The van der Waals surface area contributed by atoms with E-state index in [1.165, 1.54) is 0 Å². The van der Waals surface area contributed by atoms with Crippen molar-refractivity contribution in [2.24, 2.45) is 0 Å². The Labute approximate surface area is 59.8 Å². The van der Waals surface area contributed by atoms with E-state index in [1.54, 1.807) is 6.92 Å². The highest BCUT2D eigenvalue weighted by Crippen LogP contribution is 2.35. The van der Waals surface area contributed by atoms with E-state index < -0.39 is 7.82 Å². The number of rotatable bonds is 4. The molecule has 0 amide bonds. The van der Waals surface area contributed by atoms with Gasteiger partial charge in [0.15, 0.2) is 0 Å². The van der Waals surface area contributed by atoms with Crippen molar-refractivity contribution in [2.45, 2.75) is 13.3 Å². The van der Waals surface area contributed by atoms with Crippen LogP contribution in [0.5, 0.6) is 0 Å². The molecule has 0 saturated carbocycles. The standard InChI is InChI=1S/C5H11O4P/c1-5(2)3-4-9-10(6,7)8/h1,3-4H2,2H3,(H2,6,7,8). The maximum absolute atomic E-state index is 10.1. The van der Waals surface area contributed by atoms with Crippen LogP contribution in [0, 0.1) is 0 Å². The molecular weight excluding hydrogens is 155 g/mol. The fourth-order valence-corrected chi connectivity index (χ4v) is 0.668. The van der Waals surface area contributed by atoms with Gasteiger partial charge in [-0.3, -0.25) is 4.52 Å². The fourth-order valence-electron chi connectivity index (χ4n) is 0.339. The van der Waals surface area contributed by atoms with Crippen molar-refractivity contribution in [3.05, 3.63) is 12.2 Å². The van der Waals surface area contributed by atoms with Crippen LogP contribution in [0.25, 0.3) is 0 Å². The smallest absolute Gasteiger partial charge is 0.303 e. The molecule has 0 radical (unpaired) electrons. The van der Waals surface area contributed by atoms with Gasteiger partial charge in [0.05, 0.1) is 6.61 Å². The Morgan fingerprint density at radius 3 is 2.50 bits per heavy atom. The highest BCUT2D eigenvalue weighted by Gasteiger charge is 2.12. The predicted molar refractivity (Wildman–Crippen MR) is 37.4 cm³/mol. The van der Waals surface area contributed by atoms with Crippen molar-refractivity contribution in [2.75, 3.05) is 6.61 Å². The number of phosphoric acid groups is 1. The van der Waals surface area contributed by atoms with E-state index >= 15 is 0 Å². The van der Waals surface area contributed by atoms with Crippen molar-refractivity contribution in [1.82, 2.24) is 0 Å². The Kier molecular flexibility index (Phi) is 3.83. The lowest BCUT2D eigenvalue weighted by atomic mass is 10.3. The van der Waals surface area contributed by atoms with E-state index in [2.05, 4.69) is 11.1 Å². The molecule has 0 aromatic rings. The van der Waals surface area contributed by atoms with Gasteiger partial charge in [-0.25, -0.2) is 4.57 Å². The normalized spacial score (nSPS) is 11.5. The zero-order valence-electron chi connectivity index (χ0n) is 5.78. The topological polar surface area (TPSA) is 66.8 Å². The third kappa shape index (κ3) is 7.85.